The van der Waals surface area contributed by atoms with Crippen LogP contribution in [0.2, 0.25) is 5.02 Å². The first-order valence-corrected chi connectivity index (χ1v) is 8.42. The van der Waals surface area contributed by atoms with Crippen molar-refractivity contribution in [3.63, 3.8) is 0 Å². The van der Waals surface area contributed by atoms with Crippen LogP contribution in [0.1, 0.15) is 5.56 Å². The molecule has 1 heterocycles. The molecule has 0 N–H and O–H groups in total. The lowest BCUT2D eigenvalue weighted by Crippen LogP contribution is -2.21. The molecule has 1 aliphatic heterocycles. The summed E-state index contributed by atoms with van der Waals surface area (Å²) in [5, 5.41) is 9.07. The molecule has 2 aromatic rings. The van der Waals surface area contributed by atoms with Crippen LogP contribution in [0.4, 0.5) is 15.8 Å². The summed E-state index contributed by atoms with van der Waals surface area (Å²) in [5.41, 5.74) is 1.71. The number of sulfone groups is 1. The van der Waals surface area contributed by atoms with Crippen molar-refractivity contribution in [1.29, 1.82) is 5.26 Å². The van der Waals surface area contributed by atoms with Gasteiger partial charge in [0.1, 0.15) is 11.9 Å². The Bertz CT molecular complexity index is 994. The van der Waals surface area contributed by atoms with Crippen molar-refractivity contribution in [2.75, 3.05) is 4.90 Å². The van der Waals surface area contributed by atoms with Crippen LogP contribution in [0.3, 0.4) is 0 Å². The quantitative estimate of drug-likeness (QED) is 0.779. The van der Waals surface area contributed by atoms with E-state index in [1.165, 1.54) is 35.4 Å². The lowest BCUT2D eigenvalue weighted by molar-refractivity contribution is 0.602. The van der Waals surface area contributed by atoms with E-state index in [0.717, 1.165) is 5.56 Å². The molecule has 3 rings (SSSR count). The van der Waals surface area contributed by atoms with E-state index in [1.54, 1.807) is 18.2 Å². The number of fused-ring (bicyclic) bond motifs is 1. The molecular weight excluding hydrogens is 339 g/mol. The minimum atomic E-state index is -3.86. The Labute approximate surface area is 137 Å². The lowest BCUT2D eigenvalue weighted by atomic mass is 10.2. The minimum Gasteiger partial charge on any atom is -0.314 e. The first-order chi connectivity index (χ1) is 10.8. The third kappa shape index (κ3) is 2.48. The van der Waals surface area contributed by atoms with Gasteiger partial charge in [-0.2, -0.15) is 5.26 Å². The zero-order chi connectivity index (χ0) is 16.8. The van der Waals surface area contributed by atoms with Crippen molar-refractivity contribution in [1.82, 2.24) is 0 Å². The average molecular weight is 349 g/mol. The van der Waals surface area contributed by atoms with Gasteiger partial charge in [-0.1, -0.05) is 17.7 Å². The van der Waals surface area contributed by atoms with E-state index in [9.17, 15) is 12.8 Å². The summed E-state index contributed by atoms with van der Waals surface area (Å²) in [6.45, 7) is 1.83. The standard InChI is InChI=1S/C16H10ClFN2O2S/c1-10-2-5-16-15(6-10)20(9-12(8-19)23(16,21)22)11-3-4-14(18)13(17)7-11/h2-7,9H,1H3. The number of hydrogen-bond acceptors (Lipinski definition) is 4. The second kappa shape index (κ2) is 5.37. The second-order valence-electron chi connectivity index (χ2n) is 5.05. The normalized spacial score (nSPS) is 15.6. The van der Waals surface area contributed by atoms with E-state index in [4.69, 9.17) is 16.9 Å². The highest BCUT2D eigenvalue weighted by Crippen LogP contribution is 2.40. The smallest absolute Gasteiger partial charge is 0.220 e. The molecule has 23 heavy (non-hydrogen) atoms. The highest BCUT2D eigenvalue weighted by molar-refractivity contribution is 7.95. The number of anilines is 2. The molecule has 0 amide bonds. The third-order valence-corrected chi connectivity index (χ3v) is 5.48. The Morgan fingerprint density at radius 2 is 1.96 bits per heavy atom. The van der Waals surface area contributed by atoms with Crippen LogP contribution < -0.4 is 4.90 Å². The Balaban J connectivity index is 2.30. The number of nitrogens with zero attached hydrogens (tertiary/aromatic N) is 2. The van der Waals surface area contributed by atoms with Gasteiger partial charge >= 0.3 is 0 Å². The maximum atomic E-state index is 13.4. The van der Waals surface area contributed by atoms with Gasteiger partial charge in [-0.3, -0.25) is 0 Å². The summed E-state index contributed by atoms with van der Waals surface area (Å²) in [6.07, 6.45) is 1.22. The van der Waals surface area contributed by atoms with Gasteiger partial charge in [0.05, 0.1) is 15.6 Å². The molecule has 0 atom stereocenters. The van der Waals surface area contributed by atoms with Crippen molar-refractivity contribution in [3.05, 3.63) is 63.9 Å². The molecular formula is C16H10ClFN2O2S. The minimum absolute atomic E-state index is 0.0302. The predicted molar refractivity (Wildman–Crippen MR) is 85.6 cm³/mol. The van der Waals surface area contributed by atoms with Crippen LogP contribution in [0.25, 0.3) is 0 Å². The van der Waals surface area contributed by atoms with Gasteiger partial charge in [0.15, 0.2) is 4.91 Å². The number of rotatable bonds is 1. The fourth-order valence-electron chi connectivity index (χ4n) is 2.36. The van der Waals surface area contributed by atoms with Gasteiger partial charge in [-0.25, -0.2) is 12.8 Å². The molecule has 0 aliphatic carbocycles. The number of aryl methyl sites for hydroxylation is 1. The van der Waals surface area contributed by atoms with E-state index in [0.29, 0.717) is 11.4 Å². The van der Waals surface area contributed by atoms with Crippen LogP contribution in [-0.2, 0) is 9.84 Å². The van der Waals surface area contributed by atoms with E-state index >= 15 is 0 Å². The summed E-state index contributed by atoms with van der Waals surface area (Å²) in [4.78, 5) is 1.17. The van der Waals surface area contributed by atoms with Gasteiger partial charge in [0, 0.05) is 11.9 Å². The molecule has 7 heteroatoms. The van der Waals surface area contributed by atoms with Gasteiger partial charge in [0.2, 0.25) is 9.84 Å². The Morgan fingerprint density at radius 1 is 1.22 bits per heavy atom. The Kier molecular flexibility index (Phi) is 3.63. The SMILES string of the molecule is Cc1ccc2c(c1)N(c1ccc(F)c(Cl)c1)C=C(C#N)S2(=O)=O. The summed E-state index contributed by atoms with van der Waals surface area (Å²) < 4.78 is 38.3. The molecule has 0 bridgehead atoms. The summed E-state index contributed by atoms with van der Waals surface area (Å²) >= 11 is 5.81. The Morgan fingerprint density at radius 3 is 2.61 bits per heavy atom. The van der Waals surface area contributed by atoms with Gasteiger partial charge < -0.3 is 4.90 Å². The van der Waals surface area contributed by atoms with Crippen LogP contribution in [0.15, 0.2) is 52.4 Å². The van der Waals surface area contributed by atoms with Crippen molar-refractivity contribution in [3.8, 4) is 6.07 Å². The lowest BCUT2D eigenvalue weighted by Gasteiger charge is -2.28. The Hall–Kier alpha value is -2.36. The highest BCUT2D eigenvalue weighted by atomic mass is 35.5. The van der Waals surface area contributed by atoms with Crippen molar-refractivity contribution in [2.24, 2.45) is 0 Å². The number of nitriles is 1. The monoisotopic (exact) mass is 348 g/mol. The molecule has 0 aromatic heterocycles. The van der Waals surface area contributed by atoms with Crippen LogP contribution >= 0.6 is 11.6 Å². The maximum absolute atomic E-state index is 13.4. The van der Waals surface area contributed by atoms with E-state index in [-0.39, 0.29) is 14.8 Å². The van der Waals surface area contributed by atoms with E-state index < -0.39 is 15.7 Å². The van der Waals surface area contributed by atoms with E-state index in [1.807, 2.05) is 6.92 Å². The zero-order valence-electron chi connectivity index (χ0n) is 11.9. The zero-order valence-corrected chi connectivity index (χ0v) is 13.5. The first kappa shape index (κ1) is 15.5. The number of benzene rings is 2. The molecule has 1 aliphatic rings. The molecule has 0 radical (unpaired) electrons. The maximum Gasteiger partial charge on any atom is 0.220 e. The summed E-state index contributed by atoms with van der Waals surface area (Å²) in [7, 11) is -3.86. The molecule has 0 spiro atoms. The molecule has 2 aromatic carbocycles. The van der Waals surface area contributed by atoms with E-state index in [2.05, 4.69) is 0 Å². The number of halogens is 2. The molecule has 0 saturated heterocycles. The molecule has 0 saturated carbocycles. The van der Waals surface area contributed by atoms with Crippen molar-refractivity contribution in [2.45, 2.75) is 11.8 Å². The molecule has 0 unspecified atom stereocenters. The average Bonchev–Trinajstić information content (AvgIpc) is 2.50. The van der Waals surface area contributed by atoms with Gasteiger partial charge in [0.25, 0.3) is 0 Å². The highest BCUT2D eigenvalue weighted by Gasteiger charge is 2.32. The fourth-order valence-corrected chi connectivity index (χ4v) is 3.81. The van der Waals surface area contributed by atoms with Crippen LogP contribution in [0, 0.1) is 24.1 Å². The molecule has 4 nitrogen and oxygen atoms in total. The van der Waals surface area contributed by atoms with Crippen LogP contribution in [0.5, 0.6) is 0 Å². The topological polar surface area (TPSA) is 61.2 Å². The summed E-state index contributed by atoms with van der Waals surface area (Å²) in [6, 6.07) is 10.6. The van der Waals surface area contributed by atoms with Crippen molar-refractivity contribution < 1.29 is 12.8 Å². The predicted octanol–water partition coefficient (Wildman–Crippen LogP) is 4.08. The van der Waals surface area contributed by atoms with Gasteiger partial charge in [-0.05, 0) is 42.8 Å². The number of allylic oxidation sites excluding steroid dienone is 1. The molecule has 0 fully saturated rings. The van der Waals surface area contributed by atoms with Crippen molar-refractivity contribution >= 4 is 32.8 Å². The second-order valence-corrected chi connectivity index (χ2v) is 7.34. The summed E-state index contributed by atoms with van der Waals surface area (Å²) in [5.74, 6) is -0.575. The fraction of sp³-hybridized carbons (Fsp3) is 0.0625. The third-order valence-electron chi connectivity index (χ3n) is 3.49. The van der Waals surface area contributed by atoms with Crippen LogP contribution in [-0.4, -0.2) is 8.42 Å². The van der Waals surface area contributed by atoms with Gasteiger partial charge in [-0.15, -0.1) is 0 Å². The number of hydrogen-bond donors (Lipinski definition) is 0. The molecule has 116 valence electrons. The first-order valence-electron chi connectivity index (χ1n) is 6.56. The largest absolute Gasteiger partial charge is 0.314 e.